The highest BCUT2D eigenvalue weighted by molar-refractivity contribution is 4.84. The largest absolute Gasteiger partial charge is 0.328 e. The Bertz CT molecular complexity index is 159. The number of nitrogens with two attached hydrogens (primary N) is 1. The van der Waals surface area contributed by atoms with E-state index in [1.807, 2.05) is 13.8 Å². The zero-order valence-corrected chi connectivity index (χ0v) is 8.34. The normalized spacial score (nSPS) is 35.8. The second-order valence-corrected chi connectivity index (χ2v) is 4.48. The van der Waals surface area contributed by atoms with E-state index >= 15 is 0 Å². The second kappa shape index (κ2) is 4.36. The van der Waals surface area contributed by atoms with Crippen LogP contribution in [0.2, 0.25) is 0 Å². The molecule has 1 fully saturated rings. The Morgan fingerprint density at radius 3 is 2.23 bits per heavy atom. The van der Waals surface area contributed by atoms with Gasteiger partial charge in [0.15, 0.2) is 0 Å². The van der Waals surface area contributed by atoms with Crippen LogP contribution in [0, 0.1) is 17.8 Å². The first-order chi connectivity index (χ1) is 6.02. The summed E-state index contributed by atoms with van der Waals surface area (Å²) in [6.07, 6.45) is 0.0826. The summed E-state index contributed by atoms with van der Waals surface area (Å²) in [7, 11) is 0. The third-order valence-electron chi connectivity index (χ3n) is 3.18. The lowest BCUT2D eigenvalue weighted by Gasteiger charge is -2.36. The molecule has 3 heteroatoms. The summed E-state index contributed by atoms with van der Waals surface area (Å²) in [5.74, 6) is 0.0510. The molecule has 78 valence electrons. The van der Waals surface area contributed by atoms with E-state index in [0.717, 1.165) is 12.8 Å². The van der Waals surface area contributed by atoms with E-state index in [4.69, 9.17) is 5.73 Å². The van der Waals surface area contributed by atoms with Crippen LogP contribution in [0.15, 0.2) is 0 Å². The molecular formula is C10H19F2N. The number of alkyl halides is 2. The molecule has 0 saturated heterocycles. The Balaban J connectivity index is 2.60. The van der Waals surface area contributed by atoms with Crippen molar-refractivity contribution in [3.8, 4) is 0 Å². The van der Waals surface area contributed by atoms with Gasteiger partial charge in [0.25, 0.3) is 0 Å². The van der Waals surface area contributed by atoms with Crippen molar-refractivity contribution in [3.05, 3.63) is 0 Å². The molecule has 0 aromatic heterocycles. The van der Waals surface area contributed by atoms with Crippen molar-refractivity contribution in [1.29, 1.82) is 0 Å². The maximum atomic E-state index is 12.6. The van der Waals surface area contributed by atoms with E-state index in [2.05, 4.69) is 0 Å². The maximum Gasteiger partial charge on any atom is 0.241 e. The van der Waals surface area contributed by atoms with Gasteiger partial charge in [-0.2, -0.15) is 0 Å². The third kappa shape index (κ3) is 2.63. The minimum Gasteiger partial charge on any atom is -0.328 e. The lowest BCUT2D eigenvalue weighted by atomic mass is 9.72. The Labute approximate surface area is 78.7 Å². The van der Waals surface area contributed by atoms with Gasteiger partial charge in [-0.25, -0.2) is 8.78 Å². The van der Waals surface area contributed by atoms with Crippen molar-refractivity contribution >= 4 is 0 Å². The Morgan fingerprint density at radius 2 is 1.77 bits per heavy atom. The molecule has 3 unspecified atom stereocenters. The van der Waals surface area contributed by atoms with Crippen molar-refractivity contribution in [1.82, 2.24) is 0 Å². The van der Waals surface area contributed by atoms with Crippen LogP contribution in [0.4, 0.5) is 8.78 Å². The molecule has 2 N–H and O–H groups in total. The molecule has 0 aromatic carbocycles. The van der Waals surface area contributed by atoms with Crippen molar-refractivity contribution in [2.75, 3.05) is 0 Å². The Hall–Kier alpha value is -0.180. The topological polar surface area (TPSA) is 26.0 Å². The van der Waals surface area contributed by atoms with Gasteiger partial charge in [-0.3, -0.25) is 0 Å². The van der Waals surface area contributed by atoms with E-state index in [9.17, 15) is 8.78 Å². The average molecular weight is 191 g/mol. The summed E-state index contributed by atoms with van der Waals surface area (Å²) in [5, 5.41) is 0. The molecule has 1 saturated carbocycles. The summed E-state index contributed by atoms with van der Waals surface area (Å²) < 4.78 is 25.3. The summed E-state index contributed by atoms with van der Waals surface area (Å²) in [6, 6.07) is -0.00556. The van der Waals surface area contributed by atoms with Crippen molar-refractivity contribution in [2.45, 2.75) is 45.6 Å². The number of hydrogen-bond acceptors (Lipinski definition) is 1. The predicted octanol–water partition coefficient (Wildman–Crippen LogP) is 2.65. The van der Waals surface area contributed by atoms with E-state index in [1.54, 1.807) is 0 Å². The van der Waals surface area contributed by atoms with Gasteiger partial charge in [0.2, 0.25) is 6.43 Å². The zero-order valence-electron chi connectivity index (χ0n) is 8.34. The third-order valence-corrected chi connectivity index (χ3v) is 3.18. The van der Waals surface area contributed by atoms with Crippen LogP contribution in [-0.2, 0) is 0 Å². The molecule has 1 aliphatic rings. The lowest BCUT2D eigenvalue weighted by Crippen LogP contribution is -2.38. The molecule has 1 nitrogen and oxygen atoms in total. The molecule has 13 heavy (non-hydrogen) atoms. The van der Waals surface area contributed by atoms with E-state index in [0.29, 0.717) is 12.3 Å². The van der Waals surface area contributed by atoms with E-state index in [-0.39, 0.29) is 12.0 Å². The van der Waals surface area contributed by atoms with Gasteiger partial charge >= 0.3 is 0 Å². The number of halogens is 2. The van der Waals surface area contributed by atoms with Crippen molar-refractivity contribution in [2.24, 2.45) is 23.5 Å². The average Bonchev–Trinajstić information content (AvgIpc) is 2.03. The standard InChI is InChI=1S/C10H19F2N/c1-6(2)8-4-3-7(13)5-9(8)10(11)12/h6-10H,3-5,13H2,1-2H3. The van der Waals surface area contributed by atoms with Gasteiger partial charge in [0, 0.05) is 12.0 Å². The molecular weight excluding hydrogens is 172 g/mol. The molecule has 0 aliphatic heterocycles. The lowest BCUT2D eigenvalue weighted by molar-refractivity contribution is 0.00116. The summed E-state index contributed by atoms with van der Waals surface area (Å²) in [6.45, 7) is 4.05. The van der Waals surface area contributed by atoms with Crippen LogP contribution in [0.5, 0.6) is 0 Å². The molecule has 1 rings (SSSR count). The molecule has 1 aliphatic carbocycles. The van der Waals surface area contributed by atoms with Crippen LogP contribution in [-0.4, -0.2) is 12.5 Å². The summed E-state index contributed by atoms with van der Waals surface area (Å²) in [4.78, 5) is 0. The SMILES string of the molecule is CC(C)C1CCC(N)CC1C(F)F. The predicted molar refractivity (Wildman–Crippen MR) is 49.6 cm³/mol. The highest BCUT2D eigenvalue weighted by Crippen LogP contribution is 2.37. The Morgan fingerprint density at radius 1 is 1.15 bits per heavy atom. The van der Waals surface area contributed by atoms with Crippen molar-refractivity contribution in [3.63, 3.8) is 0 Å². The van der Waals surface area contributed by atoms with Gasteiger partial charge in [-0.15, -0.1) is 0 Å². The second-order valence-electron chi connectivity index (χ2n) is 4.48. The Kier molecular flexibility index (Phi) is 3.65. The van der Waals surface area contributed by atoms with Gasteiger partial charge in [-0.1, -0.05) is 13.8 Å². The summed E-state index contributed by atoms with van der Waals surface area (Å²) >= 11 is 0. The van der Waals surface area contributed by atoms with Crippen LogP contribution in [0.3, 0.4) is 0 Å². The highest BCUT2D eigenvalue weighted by Gasteiger charge is 2.36. The van der Waals surface area contributed by atoms with Gasteiger partial charge in [0.1, 0.15) is 0 Å². The maximum absolute atomic E-state index is 12.6. The van der Waals surface area contributed by atoms with E-state index in [1.165, 1.54) is 0 Å². The van der Waals surface area contributed by atoms with Crippen LogP contribution >= 0.6 is 0 Å². The van der Waals surface area contributed by atoms with Crippen LogP contribution in [0.1, 0.15) is 33.1 Å². The minimum absolute atomic E-state index is 0.00556. The van der Waals surface area contributed by atoms with Gasteiger partial charge < -0.3 is 5.73 Å². The molecule has 0 spiro atoms. The molecule has 3 atom stereocenters. The fraction of sp³-hybridized carbons (Fsp3) is 1.00. The smallest absolute Gasteiger partial charge is 0.241 e. The zero-order chi connectivity index (χ0) is 10.0. The van der Waals surface area contributed by atoms with E-state index < -0.39 is 12.3 Å². The first kappa shape index (κ1) is 10.9. The minimum atomic E-state index is -2.20. The number of hydrogen-bond donors (Lipinski definition) is 1. The van der Waals surface area contributed by atoms with Gasteiger partial charge in [0.05, 0.1) is 0 Å². The monoisotopic (exact) mass is 191 g/mol. The first-order valence-electron chi connectivity index (χ1n) is 5.06. The first-order valence-corrected chi connectivity index (χ1v) is 5.06. The molecule has 0 heterocycles. The van der Waals surface area contributed by atoms with Gasteiger partial charge in [-0.05, 0) is 31.1 Å². The van der Waals surface area contributed by atoms with Crippen LogP contribution in [0.25, 0.3) is 0 Å². The molecule has 0 radical (unpaired) electrons. The fourth-order valence-electron chi connectivity index (χ4n) is 2.38. The quantitative estimate of drug-likeness (QED) is 0.713. The fourth-order valence-corrected chi connectivity index (χ4v) is 2.38. The van der Waals surface area contributed by atoms with Crippen molar-refractivity contribution < 1.29 is 8.78 Å². The molecule has 0 aromatic rings. The summed E-state index contributed by atoms with van der Waals surface area (Å²) in [5.41, 5.74) is 5.69. The number of rotatable bonds is 2. The molecule has 0 bridgehead atoms. The molecule has 0 amide bonds. The highest BCUT2D eigenvalue weighted by atomic mass is 19.3. The van der Waals surface area contributed by atoms with Crippen LogP contribution < -0.4 is 5.73 Å².